The summed E-state index contributed by atoms with van der Waals surface area (Å²) >= 11 is 0. The molecule has 5 nitrogen and oxygen atoms in total. The van der Waals surface area contributed by atoms with Crippen LogP contribution in [0.5, 0.6) is 5.75 Å². The largest absolute Gasteiger partial charge is 0.508 e. The molecule has 1 saturated heterocycles. The van der Waals surface area contributed by atoms with Gasteiger partial charge in [-0.3, -0.25) is 9.69 Å². The lowest BCUT2D eigenvalue weighted by molar-refractivity contribution is -0.177. The lowest BCUT2D eigenvalue weighted by atomic mass is 9.48. The molecule has 1 aliphatic heterocycles. The molecule has 2 bridgehead atoms. The Bertz CT molecular complexity index is 1340. The molecular formula is C31H33F3N2O3. The molecular weight excluding hydrogens is 505 g/mol. The van der Waals surface area contributed by atoms with Gasteiger partial charge < -0.3 is 15.1 Å². The van der Waals surface area contributed by atoms with Crippen molar-refractivity contribution in [1.82, 2.24) is 9.80 Å². The Labute approximate surface area is 226 Å². The van der Waals surface area contributed by atoms with Gasteiger partial charge in [0.05, 0.1) is 11.2 Å². The van der Waals surface area contributed by atoms with Gasteiger partial charge >= 0.3 is 6.18 Å². The summed E-state index contributed by atoms with van der Waals surface area (Å²) in [6, 6.07) is 9.80. The Balaban J connectivity index is 1.26. The number of halogens is 3. The van der Waals surface area contributed by atoms with Crippen molar-refractivity contribution in [2.75, 3.05) is 20.1 Å². The van der Waals surface area contributed by atoms with Gasteiger partial charge in [0, 0.05) is 42.6 Å². The Morgan fingerprint density at radius 3 is 2.56 bits per heavy atom. The highest BCUT2D eigenvalue weighted by molar-refractivity contribution is 5.94. The van der Waals surface area contributed by atoms with Crippen LogP contribution in [-0.2, 0) is 22.8 Å². The van der Waals surface area contributed by atoms with Crippen molar-refractivity contribution in [2.45, 2.75) is 74.2 Å². The number of piperidine rings is 1. The van der Waals surface area contributed by atoms with E-state index in [9.17, 15) is 28.2 Å². The Morgan fingerprint density at radius 1 is 1.13 bits per heavy atom. The number of phenolic OH excluding ortho intramolecular Hbond substituents is 1. The van der Waals surface area contributed by atoms with Crippen LogP contribution >= 0.6 is 0 Å². The topological polar surface area (TPSA) is 64.0 Å². The minimum absolute atomic E-state index is 0.00492. The highest BCUT2D eigenvalue weighted by Crippen LogP contribution is 2.59. The van der Waals surface area contributed by atoms with Gasteiger partial charge in [-0.05, 0) is 105 Å². The number of phenols is 1. The van der Waals surface area contributed by atoms with Crippen LogP contribution in [0.4, 0.5) is 13.2 Å². The van der Waals surface area contributed by atoms with Crippen molar-refractivity contribution in [1.29, 1.82) is 0 Å². The average molecular weight is 539 g/mol. The smallest absolute Gasteiger partial charge is 0.416 e. The molecule has 39 heavy (non-hydrogen) atoms. The van der Waals surface area contributed by atoms with E-state index < -0.39 is 28.7 Å². The minimum Gasteiger partial charge on any atom is -0.508 e. The number of fused-ring (bicyclic) bond motifs is 1. The lowest BCUT2D eigenvalue weighted by Gasteiger charge is -2.65. The van der Waals surface area contributed by atoms with Gasteiger partial charge in [0.15, 0.2) is 0 Å². The second-order valence-corrected chi connectivity index (χ2v) is 11.9. The number of benzene rings is 2. The number of alkyl halides is 3. The number of hydrogen-bond acceptors (Lipinski definition) is 4. The maximum atomic E-state index is 13.1. The Hall–Kier alpha value is -3.02. The molecule has 0 radical (unpaired) electrons. The third kappa shape index (κ3) is 4.50. The molecule has 6 rings (SSSR count). The molecule has 0 spiro atoms. The van der Waals surface area contributed by atoms with Gasteiger partial charge in [0.1, 0.15) is 5.75 Å². The fraction of sp³-hybridized carbons (Fsp3) is 0.516. The molecule has 206 valence electrons. The summed E-state index contributed by atoms with van der Waals surface area (Å²) in [6.07, 6.45) is 1.31. The highest BCUT2D eigenvalue weighted by atomic mass is 19.4. The summed E-state index contributed by atoms with van der Waals surface area (Å²) < 4.78 is 38.5. The number of aromatic hydroxyl groups is 1. The van der Waals surface area contributed by atoms with Crippen LogP contribution in [0.25, 0.3) is 0 Å². The molecule has 4 aliphatic rings. The van der Waals surface area contributed by atoms with Crippen LogP contribution < -0.4 is 0 Å². The van der Waals surface area contributed by atoms with Crippen LogP contribution in [-0.4, -0.2) is 63.7 Å². The predicted molar refractivity (Wildman–Crippen MR) is 140 cm³/mol. The van der Waals surface area contributed by atoms with E-state index in [1.54, 1.807) is 18.0 Å². The predicted octanol–water partition coefficient (Wildman–Crippen LogP) is 4.48. The molecule has 2 saturated carbocycles. The van der Waals surface area contributed by atoms with E-state index in [-0.39, 0.29) is 17.8 Å². The summed E-state index contributed by atoms with van der Waals surface area (Å²) in [5.74, 6) is 5.79. The van der Waals surface area contributed by atoms with Crippen LogP contribution in [0.15, 0.2) is 42.5 Å². The number of nitrogens with zero attached hydrogens (tertiary/aromatic N) is 2. The Morgan fingerprint density at radius 2 is 1.87 bits per heavy atom. The fourth-order valence-corrected chi connectivity index (χ4v) is 7.38. The first kappa shape index (κ1) is 26.2. The average Bonchev–Trinajstić information content (AvgIpc) is 3.72. The summed E-state index contributed by atoms with van der Waals surface area (Å²) in [5.41, 5.74) is 0.193. The van der Waals surface area contributed by atoms with Crippen LogP contribution in [0.2, 0.25) is 0 Å². The maximum absolute atomic E-state index is 13.1. The minimum atomic E-state index is -4.42. The number of hydrogen-bond donors (Lipinski definition) is 2. The van der Waals surface area contributed by atoms with Crippen molar-refractivity contribution in [3.05, 3.63) is 64.7 Å². The maximum Gasteiger partial charge on any atom is 0.416 e. The monoisotopic (exact) mass is 538 g/mol. The van der Waals surface area contributed by atoms with Gasteiger partial charge in [0.2, 0.25) is 0 Å². The second-order valence-electron chi connectivity index (χ2n) is 11.9. The zero-order valence-electron chi connectivity index (χ0n) is 22.0. The first-order chi connectivity index (χ1) is 18.5. The zero-order chi connectivity index (χ0) is 27.6. The van der Waals surface area contributed by atoms with Crippen molar-refractivity contribution in [3.63, 3.8) is 0 Å². The molecule has 2 aromatic rings. The quantitative estimate of drug-likeness (QED) is 0.566. The molecule has 3 fully saturated rings. The van der Waals surface area contributed by atoms with Crippen molar-refractivity contribution in [3.8, 4) is 17.6 Å². The van der Waals surface area contributed by atoms with Gasteiger partial charge in [-0.15, -0.1) is 0 Å². The van der Waals surface area contributed by atoms with Crippen molar-refractivity contribution in [2.24, 2.45) is 5.92 Å². The van der Waals surface area contributed by atoms with E-state index in [1.165, 1.54) is 25.0 Å². The summed E-state index contributed by atoms with van der Waals surface area (Å²) in [6.45, 7) is 1.88. The number of carbonyl (C=O) groups is 1. The van der Waals surface area contributed by atoms with Gasteiger partial charge in [-0.1, -0.05) is 12.0 Å². The molecule has 1 heterocycles. The molecule has 4 atom stereocenters. The molecule has 0 aromatic heterocycles. The third-order valence-electron chi connectivity index (χ3n) is 9.70. The summed E-state index contributed by atoms with van der Waals surface area (Å²) in [4.78, 5) is 17.2. The molecule has 2 N–H and O–H groups in total. The molecule has 1 amide bonds. The Kier molecular flexibility index (Phi) is 6.24. The number of carbonyl (C=O) groups excluding carboxylic acids is 1. The molecule has 0 unspecified atom stereocenters. The normalized spacial score (nSPS) is 30.0. The highest BCUT2D eigenvalue weighted by Gasteiger charge is 2.65. The van der Waals surface area contributed by atoms with Gasteiger partial charge in [-0.2, -0.15) is 13.2 Å². The van der Waals surface area contributed by atoms with E-state index in [2.05, 4.69) is 16.7 Å². The van der Waals surface area contributed by atoms with E-state index >= 15 is 0 Å². The number of likely N-dealkylation sites (tertiary alicyclic amines) is 1. The van der Waals surface area contributed by atoms with E-state index in [1.807, 2.05) is 12.1 Å². The lowest BCUT2D eigenvalue weighted by Crippen LogP contribution is -2.74. The van der Waals surface area contributed by atoms with Crippen molar-refractivity contribution < 1.29 is 28.2 Å². The zero-order valence-corrected chi connectivity index (χ0v) is 22.0. The fourth-order valence-electron chi connectivity index (χ4n) is 7.38. The second kappa shape index (κ2) is 9.28. The number of amides is 1. The summed E-state index contributed by atoms with van der Waals surface area (Å²) in [7, 11) is 1.71. The van der Waals surface area contributed by atoms with E-state index in [0.717, 1.165) is 49.2 Å². The first-order valence-electron chi connectivity index (χ1n) is 13.7. The van der Waals surface area contributed by atoms with Crippen LogP contribution in [0.3, 0.4) is 0 Å². The van der Waals surface area contributed by atoms with Crippen molar-refractivity contribution >= 4 is 5.91 Å². The SMILES string of the molecule is CN(C(=O)C#Cc1ccc(C(F)(F)F)cc1)[C@@H]1CC[C@@]2(O)[C@H]3Cc4ccc(O)cc4[C@@]2(CCN3CC2CC2)C1. The van der Waals surface area contributed by atoms with Gasteiger partial charge in [-0.25, -0.2) is 0 Å². The standard InChI is InChI=1S/C31H33F3N2O3/c1-35(28(38)11-6-20-4-8-23(9-5-20)31(32,33)34)24-12-13-30(39)27-16-22-7-10-25(37)17-26(22)29(30,18-24)14-15-36(27)19-21-2-3-21/h4-5,7-10,17,21,24,27,37,39H,2-3,12-16,18-19H2,1H3/t24-,27-,29-,30-/m1/s1. The first-order valence-corrected chi connectivity index (χ1v) is 13.7. The molecule has 2 aromatic carbocycles. The van der Waals surface area contributed by atoms with E-state index in [4.69, 9.17) is 0 Å². The van der Waals surface area contributed by atoms with Crippen LogP contribution in [0, 0.1) is 17.8 Å². The molecule has 3 aliphatic carbocycles. The number of rotatable bonds is 3. The van der Waals surface area contributed by atoms with Gasteiger partial charge in [0.25, 0.3) is 5.91 Å². The summed E-state index contributed by atoms with van der Waals surface area (Å²) in [5, 5.41) is 22.8. The number of aliphatic hydroxyl groups is 1. The third-order valence-corrected chi connectivity index (χ3v) is 9.70. The molecule has 8 heteroatoms. The van der Waals surface area contributed by atoms with Crippen LogP contribution in [0.1, 0.15) is 60.8 Å². The van der Waals surface area contributed by atoms with E-state index in [0.29, 0.717) is 30.7 Å².